The van der Waals surface area contributed by atoms with E-state index in [1.165, 1.54) is 218 Å². The molecule has 0 saturated heterocycles. The molecule has 0 aromatic carbocycles. The van der Waals surface area contributed by atoms with Gasteiger partial charge in [-0.1, -0.05) is 250 Å². The van der Waals surface area contributed by atoms with Crippen molar-refractivity contribution in [2.24, 2.45) is 0 Å². The summed E-state index contributed by atoms with van der Waals surface area (Å²) >= 11 is 0. The number of hydrogen-bond donors (Lipinski definition) is 5. The molecule has 0 bridgehead atoms. The number of amides is 1. The Morgan fingerprint density at radius 2 is 0.672 bits per heavy atom. The van der Waals surface area contributed by atoms with E-state index >= 15 is 0 Å². The minimum absolute atomic E-state index is 0.357. The van der Waals surface area contributed by atoms with Crippen molar-refractivity contribution in [2.75, 3.05) is 6.61 Å². The molecule has 0 rings (SSSR count). The van der Waals surface area contributed by atoms with Crippen LogP contribution in [0, 0.1) is 0 Å². The van der Waals surface area contributed by atoms with Gasteiger partial charge in [-0.15, -0.1) is 0 Å². The smallest absolute Gasteiger partial charge is 0.249 e. The fourth-order valence-electron chi connectivity index (χ4n) is 8.58. The largest absolute Gasteiger partial charge is 0.394 e. The number of carbonyl (C=O) groups excluding carboxylic acids is 1. The highest BCUT2D eigenvalue weighted by atomic mass is 16.3. The molecule has 4 atom stereocenters. The molecule has 0 aliphatic rings. The highest BCUT2D eigenvalue weighted by Crippen LogP contribution is 2.17. The van der Waals surface area contributed by atoms with E-state index in [0.717, 1.165) is 44.9 Å². The van der Waals surface area contributed by atoms with Gasteiger partial charge in [0, 0.05) is 0 Å². The number of carbonyl (C=O) groups is 1. The number of aliphatic hydroxyl groups is 4. The number of hydrogen-bond acceptors (Lipinski definition) is 5. The maximum atomic E-state index is 12.6. The molecule has 0 fully saturated rings. The summed E-state index contributed by atoms with van der Waals surface area (Å²) in [5, 5.41) is 43.9. The van der Waals surface area contributed by atoms with Crippen LogP contribution in [0.25, 0.3) is 0 Å². The van der Waals surface area contributed by atoms with E-state index in [0.29, 0.717) is 12.8 Å². The zero-order chi connectivity index (χ0) is 44.5. The summed E-state index contributed by atoms with van der Waals surface area (Å²) in [7, 11) is 0. The summed E-state index contributed by atoms with van der Waals surface area (Å²) in [5.41, 5.74) is 0. The van der Waals surface area contributed by atoms with E-state index in [2.05, 4.69) is 43.5 Å². The first kappa shape index (κ1) is 59.8. The lowest BCUT2D eigenvalue weighted by molar-refractivity contribution is -0.132. The Morgan fingerprint density at radius 3 is 0.984 bits per heavy atom. The molecule has 5 N–H and O–H groups in total. The molecule has 6 heteroatoms. The van der Waals surface area contributed by atoms with Crippen molar-refractivity contribution >= 4 is 5.91 Å². The van der Waals surface area contributed by atoms with Gasteiger partial charge in [0.25, 0.3) is 0 Å². The minimum Gasteiger partial charge on any atom is -0.394 e. The topological polar surface area (TPSA) is 110 Å². The number of nitrogens with one attached hydrogen (secondary N) is 1. The Bertz CT molecular complexity index is 924. The second-order valence-electron chi connectivity index (χ2n) is 18.9. The third kappa shape index (κ3) is 43.8. The summed E-state index contributed by atoms with van der Waals surface area (Å²) in [4.78, 5) is 12.6. The SMILES string of the molecule is CCCCCCCCCCCC/C=C\CCCCCCCCC(O)C(=O)NC(CO)C(O)C(O)CCC/C=C/CCCCCCCCCCCCCCCCCCCCCC. The standard InChI is InChI=1S/C55H107NO5/c1-3-5-7-9-11-13-15-17-19-21-23-25-26-27-28-29-31-32-34-36-38-40-42-44-46-48-52(58)54(60)51(50-57)56-55(61)53(59)49-47-45-43-41-39-37-35-33-30-24-22-20-18-16-14-12-10-8-6-4-2/h30,33,40,42,51-54,57-60H,3-29,31-32,34-39,41,43-50H2,1-2H3,(H,56,61)/b33-30-,42-40+. The molecule has 0 aromatic rings. The molecule has 1 amide bonds. The first-order valence-corrected chi connectivity index (χ1v) is 27.2. The van der Waals surface area contributed by atoms with Gasteiger partial charge < -0.3 is 25.7 Å². The van der Waals surface area contributed by atoms with Crippen molar-refractivity contribution in [3.8, 4) is 0 Å². The monoisotopic (exact) mass is 862 g/mol. The summed E-state index contributed by atoms with van der Waals surface area (Å²) in [6.07, 6.45) is 59.6. The molecule has 0 saturated carbocycles. The zero-order valence-corrected chi connectivity index (χ0v) is 40.9. The van der Waals surface area contributed by atoms with Crippen LogP contribution in [0.1, 0.15) is 290 Å². The maximum Gasteiger partial charge on any atom is 0.249 e. The van der Waals surface area contributed by atoms with Crippen LogP contribution in [0.2, 0.25) is 0 Å². The Balaban J connectivity index is 3.67. The van der Waals surface area contributed by atoms with Gasteiger partial charge in [-0.25, -0.2) is 0 Å². The number of allylic oxidation sites excluding steroid dienone is 4. The molecule has 0 aliphatic carbocycles. The average Bonchev–Trinajstić information content (AvgIpc) is 3.26. The van der Waals surface area contributed by atoms with Crippen LogP contribution in [-0.2, 0) is 4.79 Å². The van der Waals surface area contributed by atoms with Crippen LogP contribution in [0.5, 0.6) is 0 Å². The van der Waals surface area contributed by atoms with Crippen LogP contribution >= 0.6 is 0 Å². The maximum absolute atomic E-state index is 12.6. The van der Waals surface area contributed by atoms with Crippen molar-refractivity contribution in [1.29, 1.82) is 0 Å². The quantitative estimate of drug-likeness (QED) is 0.0309. The number of rotatable bonds is 50. The lowest BCUT2D eigenvalue weighted by Gasteiger charge is -2.27. The Labute approximate surface area is 380 Å². The van der Waals surface area contributed by atoms with E-state index < -0.39 is 36.9 Å². The lowest BCUT2D eigenvalue weighted by Crippen LogP contribution is -2.53. The van der Waals surface area contributed by atoms with Gasteiger partial charge in [0.2, 0.25) is 5.91 Å². The zero-order valence-electron chi connectivity index (χ0n) is 40.9. The predicted molar refractivity (Wildman–Crippen MR) is 265 cm³/mol. The van der Waals surface area contributed by atoms with Gasteiger partial charge in [-0.2, -0.15) is 0 Å². The Hall–Kier alpha value is -1.21. The van der Waals surface area contributed by atoms with Crippen LogP contribution in [0.3, 0.4) is 0 Å². The van der Waals surface area contributed by atoms with Crippen molar-refractivity contribution in [2.45, 2.75) is 314 Å². The van der Waals surface area contributed by atoms with Gasteiger partial charge in [0.15, 0.2) is 0 Å². The van der Waals surface area contributed by atoms with Crippen LogP contribution < -0.4 is 5.32 Å². The van der Waals surface area contributed by atoms with Gasteiger partial charge in [-0.05, 0) is 64.2 Å². The second kappa shape index (κ2) is 49.8. The highest BCUT2D eigenvalue weighted by molar-refractivity contribution is 5.80. The van der Waals surface area contributed by atoms with Gasteiger partial charge in [0.05, 0.1) is 18.8 Å². The molecular weight excluding hydrogens is 755 g/mol. The molecule has 0 spiro atoms. The third-order valence-corrected chi connectivity index (χ3v) is 12.9. The van der Waals surface area contributed by atoms with Crippen LogP contribution in [-0.4, -0.2) is 57.3 Å². The Kier molecular flexibility index (Phi) is 48.8. The fraction of sp³-hybridized carbons (Fsp3) is 0.909. The first-order valence-electron chi connectivity index (χ1n) is 27.2. The van der Waals surface area contributed by atoms with Crippen molar-refractivity contribution in [3.63, 3.8) is 0 Å². The van der Waals surface area contributed by atoms with E-state index in [1.54, 1.807) is 0 Å². The molecule has 6 nitrogen and oxygen atoms in total. The molecular formula is C55H107NO5. The molecule has 0 aromatic heterocycles. The normalized spacial score (nSPS) is 14.0. The summed E-state index contributed by atoms with van der Waals surface area (Å²) in [6, 6.07) is -1.00. The molecule has 0 radical (unpaired) electrons. The van der Waals surface area contributed by atoms with Gasteiger partial charge >= 0.3 is 0 Å². The van der Waals surface area contributed by atoms with E-state index in [-0.39, 0.29) is 0 Å². The first-order chi connectivity index (χ1) is 30.0. The predicted octanol–water partition coefficient (Wildman–Crippen LogP) is 15.5. The van der Waals surface area contributed by atoms with Crippen LogP contribution in [0.4, 0.5) is 0 Å². The molecule has 362 valence electrons. The van der Waals surface area contributed by atoms with Gasteiger partial charge in [-0.3, -0.25) is 4.79 Å². The van der Waals surface area contributed by atoms with Gasteiger partial charge in [0.1, 0.15) is 12.2 Å². The molecule has 0 aliphatic heterocycles. The summed E-state index contributed by atoms with van der Waals surface area (Å²) in [6.45, 7) is 4.07. The summed E-state index contributed by atoms with van der Waals surface area (Å²) < 4.78 is 0. The second-order valence-corrected chi connectivity index (χ2v) is 18.9. The molecule has 0 heterocycles. The van der Waals surface area contributed by atoms with Crippen LogP contribution in [0.15, 0.2) is 24.3 Å². The Morgan fingerprint density at radius 1 is 0.393 bits per heavy atom. The summed E-state index contributed by atoms with van der Waals surface area (Å²) in [5.74, 6) is -0.595. The molecule has 4 unspecified atom stereocenters. The van der Waals surface area contributed by atoms with E-state index in [1.807, 2.05) is 0 Å². The number of aliphatic hydroxyl groups excluding tert-OH is 4. The molecule has 61 heavy (non-hydrogen) atoms. The van der Waals surface area contributed by atoms with E-state index in [9.17, 15) is 25.2 Å². The highest BCUT2D eigenvalue weighted by Gasteiger charge is 2.28. The lowest BCUT2D eigenvalue weighted by atomic mass is 10.00. The van der Waals surface area contributed by atoms with Crippen molar-refractivity contribution < 1.29 is 25.2 Å². The minimum atomic E-state index is -1.28. The third-order valence-electron chi connectivity index (χ3n) is 12.9. The fourth-order valence-corrected chi connectivity index (χ4v) is 8.58. The van der Waals surface area contributed by atoms with Crippen molar-refractivity contribution in [1.82, 2.24) is 5.32 Å². The van der Waals surface area contributed by atoms with E-state index in [4.69, 9.17) is 0 Å². The number of unbranched alkanes of at least 4 members (excludes halogenated alkanes) is 37. The average molecular weight is 862 g/mol. The van der Waals surface area contributed by atoms with Crippen molar-refractivity contribution in [3.05, 3.63) is 24.3 Å².